The van der Waals surface area contributed by atoms with Crippen LogP contribution in [0.15, 0.2) is 67.0 Å². The number of sulfone groups is 1. The molecule has 0 aliphatic carbocycles. The molecule has 10 nitrogen and oxygen atoms in total. The molecule has 0 radical (unpaired) electrons. The first kappa shape index (κ1) is 39.5. The summed E-state index contributed by atoms with van der Waals surface area (Å²) < 4.78 is 60.6. The third kappa shape index (κ3) is 13.5. The Kier molecular flexibility index (Phi) is 16.0. The fourth-order valence-corrected chi connectivity index (χ4v) is 7.69. The van der Waals surface area contributed by atoms with Crippen LogP contribution in [0.25, 0.3) is 0 Å². The van der Waals surface area contributed by atoms with Crippen LogP contribution in [0.1, 0.15) is 68.7 Å². The topological polar surface area (TPSA) is 147 Å². The Hall–Kier alpha value is -3.94. The van der Waals surface area contributed by atoms with Gasteiger partial charge < -0.3 is 25.8 Å². The number of amides is 2. The molecule has 3 rings (SSSR count). The van der Waals surface area contributed by atoms with Gasteiger partial charge in [-0.15, -0.1) is 0 Å². The van der Waals surface area contributed by atoms with E-state index in [4.69, 9.17) is 4.74 Å². The number of aromatic nitrogens is 1. The van der Waals surface area contributed by atoms with Crippen LogP contribution in [0, 0.1) is 11.6 Å². The first-order chi connectivity index (χ1) is 23.4. The van der Waals surface area contributed by atoms with Gasteiger partial charge in [-0.05, 0) is 72.2 Å². The molecule has 1 aromatic heterocycles. The molecular formula is C36H48F2N4O6S. The molecule has 1 heterocycles. The van der Waals surface area contributed by atoms with Gasteiger partial charge in [0, 0.05) is 31.5 Å². The highest BCUT2D eigenvalue weighted by molar-refractivity contribution is 7.92. The Morgan fingerprint density at radius 2 is 1.53 bits per heavy atom. The van der Waals surface area contributed by atoms with E-state index in [0.29, 0.717) is 43.9 Å². The average Bonchev–Trinajstić information content (AvgIpc) is 3.06. The summed E-state index contributed by atoms with van der Waals surface area (Å²) in [6.07, 6.45) is 3.41. The van der Waals surface area contributed by atoms with E-state index < -0.39 is 62.7 Å². The molecular weight excluding hydrogens is 654 g/mol. The number of benzene rings is 2. The number of pyridine rings is 1. The van der Waals surface area contributed by atoms with E-state index in [1.165, 1.54) is 12.4 Å². The van der Waals surface area contributed by atoms with E-state index in [-0.39, 0.29) is 25.1 Å². The molecule has 0 saturated carbocycles. The highest BCUT2D eigenvalue weighted by atomic mass is 32.2. The molecule has 2 amide bonds. The molecule has 0 fully saturated rings. The van der Waals surface area contributed by atoms with Crippen molar-refractivity contribution < 1.29 is 36.6 Å². The molecule has 0 spiro atoms. The largest absolute Gasteiger partial charge is 0.445 e. The SMILES string of the molecule is CCCC(CCC)S(=O)(=O)C[C@@H](NC(=O)OCc1ccncc1)C(=O)N[C@@H](Cc1cc(F)cc(F)c1)[C@H](O)CNCc1cccc(CC)c1. The Morgan fingerprint density at radius 3 is 2.16 bits per heavy atom. The number of aliphatic hydroxyl groups is 1. The van der Waals surface area contributed by atoms with Gasteiger partial charge in [0.05, 0.1) is 23.1 Å². The predicted molar refractivity (Wildman–Crippen MR) is 184 cm³/mol. The maximum Gasteiger partial charge on any atom is 0.408 e. The van der Waals surface area contributed by atoms with Gasteiger partial charge in [-0.25, -0.2) is 22.0 Å². The van der Waals surface area contributed by atoms with Gasteiger partial charge in [-0.1, -0.05) is 57.9 Å². The summed E-state index contributed by atoms with van der Waals surface area (Å²) >= 11 is 0. The smallest absolute Gasteiger partial charge is 0.408 e. The van der Waals surface area contributed by atoms with Crippen molar-refractivity contribution in [3.63, 3.8) is 0 Å². The quantitative estimate of drug-likeness (QED) is 0.132. The van der Waals surface area contributed by atoms with E-state index in [2.05, 4.69) is 20.9 Å². The first-order valence-corrected chi connectivity index (χ1v) is 18.4. The normalized spacial score (nSPS) is 13.4. The van der Waals surface area contributed by atoms with Crippen LogP contribution in [0.5, 0.6) is 0 Å². The van der Waals surface area contributed by atoms with Gasteiger partial charge in [0.2, 0.25) is 5.91 Å². The number of hydrogen-bond donors (Lipinski definition) is 4. The lowest BCUT2D eigenvalue weighted by Gasteiger charge is -2.28. The van der Waals surface area contributed by atoms with Crippen LogP contribution in [0.4, 0.5) is 13.6 Å². The van der Waals surface area contributed by atoms with E-state index in [1.54, 1.807) is 12.1 Å². The number of ether oxygens (including phenoxy) is 1. The molecule has 3 atom stereocenters. The van der Waals surface area contributed by atoms with Crippen molar-refractivity contribution in [1.29, 1.82) is 0 Å². The van der Waals surface area contributed by atoms with Crippen molar-refractivity contribution >= 4 is 21.8 Å². The third-order valence-electron chi connectivity index (χ3n) is 8.11. The van der Waals surface area contributed by atoms with Crippen LogP contribution in [-0.2, 0) is 45.4 Å². The lowest BCUT2D eigenvalue weighted by atomic mass is 10.00. The number of nitrogens with one attached hydrogen (secondary N) is 3. The highest BCUT2D eigenvalue weighted by Crippen LogP contribution is 2.18. The van der Waals surface area contributed by atoms with Gasteiger partial charge in [0.1, 0.15) is 24.3 Å². The van der Waals surface area contributed by atoms with Crippen LogP contribution in [0.2, 0.25) is 0 Å². The van der Waals surface area contributed by atoms with Gasteiger partial charge in [0.25, 0.3) is 0 Å². The number of aliphatic hydroxyl groups excluding tert-OH is 1. The molecule has 3 aromatic rings. The van der Waals surface area contributed by atoms with E-state index in [1.807, 2.05) is 45.0 Å². The van der Waals surface area contributed by atoms with Gasteiger partial charge in [-0.2, -0.15) is 0 Å². The highest BCUT2D eigenvalue weighted by Gasteiger charge is 2.34. The third-order valence-corrected chi connectivity index (χ3v) is 10.4. The zero-order chi connectivity index (χ0) is 35.8. The van der Waals surface area contributed by atoms with E-state index in [9.17, 15) is 31.9 Å². The minimum atomic E-state index is -3.89. The standard InChI is InChI=1S/C36H48F2N4O6S/c1-4-8-31(9-5-2)49(46,47)24-33(42-36(45)48-23-26-12-14-39-15-13-26)35(44)41-32(19-28-17-29(37)20-30(38)18-28)34(43)22-40-21-27-11-7-10-25(6-3)16-27/h7,10-18,20,31-34,40,43H,4-6,8-9,19,21-24H2,1-3H3,(H,41,44)(H,42,45)/t32-,33+,34+/m0/s1. The van der Waals surface area contributed by atoms with Crippen molar-refractivity contribution in [2.45, 2.75) is 95.9 Å². The Balaban J connectivity index is 1.84. The van der Waals surface area contributed by atoms with E-state index in [0.717, 1.165) is 29.7 Å². The fourth-order valence-electron chi connectivity index (χ4n) is 5.53. The number of carbonyl (C=O) groups is 2. The van der Waals surface area contributed by atoms with Crippen LogP contribution in [-0.4, -0.2) is 66.2 Å². The molecule has 0 bridgehead atoms. The minimum Gasteiger partial charge on any atom is -0.445 e. The Labute approximate surface area is 288 Å². The molecule has 2 aromatic carbocycles. The number of carbonyl (C=O) groups excluding carboxylic acids is 2. The van der Waals surface area contributed by atoms with E-state index >= 15 is 0 Å². The number of aryl methyl sites for hydroxylation is 1. The Morgan fingerprint density at radius 1 is 0.878 bits per heavy atom. The second-order valence-electron chi connectivity index (χ2n) is 12.1. The van der Waals surface area contributed by atoms with Gasteiger partial charge in [-0.3, -0.25) is 9.78 Å². The van der Waals surface area contributed by atoms with Gasteiger partial charge in [0.15, 0.2) is 9.84 Å². The summed E-state index contributed by atoms with van der Waals surface area (Å²) in [5.41, 5.74) is 2.92. The lowest BCUT2D eigenvalue weighted by Crippen LogP contribution is -2.57. The summed E-state index contributed by atoms with van der Waals surface area (Å²) in [5, 5.41) is 18.8. The molecule has 13 heteroatoms. The second kappa shape index (κ2) is 19.9. The number of alkyl carbamates (subject to hydrolysis) is 1. The summed E-state index contributed by atoms with van der Waals surface area (Å²) in [6.45, 7) is 6.02. The lowest BCUT2D eigenvalue weighted by molar-refractivity contribution is -0.124. The summed E-state index contributed by atoms with van der Waals surface area (Å²) in [4.78, 5) is 30.6. The number of nitrogens with zero attached hydrogens (tertiary/aromatic N) is 1. The van der Waals surface area contributed by atoms with Gasteiger partial charge >= 0.3 is 6.09 Å². The van der Waals surface area contributed by atoms with Crippen LogP contribution < -0.4 is 16.0 Å². The summed E-state index contributed by atoms with van der Waals surface area (Å²) in [5.74, 6) is -3.27. The minimum absolute atomic E-state index is 0.0153. The predicted octanol–water partition coefficient (Wildman–Crippen LogP) is 4.78. The molecule has 0 saturated heterocycles. The van der Waals surface area contributed by atoms with Crippen molar-refractivity contribution in [3.05, 3.63) is 101 Å². The van der Waals surface area contributed by atoms with Crippen molar-refractivity contribution in [2.75, 3.05) is 12.3 Å². The monoisotopic (exact) mass is 702 g/mol. The second-order valence-corrected chi connectivity index (χ2v) is 14.5. The molecule has 0 unspecified atom stereocenters. The number of rotatable bonds is 20. The zero-order valence-electron chi connectivity index (χ0n) is 28.3. The molecule has 0 aliphatic rings. The molecule has 49 heavy (non-hydrogen) atoms. The van der Waals surface area contributed by atoms with Crippen LogP contribution in [0.3, 0.4) is 0 Å². The number of halogens is 2. The van der Waals surface area contributed by atoms with Crippen molar-refractivity contribution in [3.8, 4) is 0 Å². The summed E-state index contributed by atoms with van der Waals surface area (Å²) in [6, 6.07) is 11.4. The van der Waals surface area contributed by atoms with Crippen molar-refractivity contribution in [1.82, 2.24) is 20.9 Å². The zero-order valence-corrected chi connectivity index (χ0v) is 29.1. The molecule has 4 N–H and O–H groups in total. The van der Waals surface area contributed by atoms with Crippen LogP contribution >= 0.6 is 0 Å². The first-order valence-electron chi connectivity index (χ1n) is 16.7. The maximum atomic E-state index is 14.1. The summed E-state index contributed by atoms with van der Waals surface area (Å²) in [7, 11) is -3.89. The number of hydrogen-bond acceptors (Lipinski definition) is 8. The van der Waals surface area contributed by atoms with Crippen molar-refractivity contribution in [2.24, 2.45) is 0 Å². The maximum absolute atomic E-state index is 14.1. The average molecular weight is 703 g/mol. The Bertz CT molecular complexity index is 1570. The fraction of sp³-hybridized carbons (Fsp3) is 0.472. The molecule has 0 aliphatic heterocycles. The molecule has 268 valence electrons.